The van der Waals surface area contributed by atoms with Gasteiger partial charge in [0.15, 0.2) is 0 Å². The zero-order chi connectivity index (χ0) is 14.9. The summed E-state index contributed by atoms with van der Waals surface area (Å²) in [6.07, 6.45) is 0. The topological polar surface area (TPSA) is 175 Å². The number of nitrogens with two attached hydrogens (primary N) is 1. The Labute approximate surface area is 104 Å². The number of carbonyl (C=O) groups is 4. The fourth-order valence-corrected chi connectivity index (χ4v) is 1.50. The second-order valence-corrected chi connectivity index (χ2v) is 3.36. The molecule has 0 fully saturated rings. The number of hydrogen-bond donors (Lipinski definition) is 5. The van der Waals surface area contributed by atoms with Crippen molar-refractivity contribution in [1.29, 1.82) is 0 Å². The van der Waals surface area contributed by atoms with Crippen molar-refractivity contribution in [3.63, 3.8) is 0 Å². The third-order valence-electron chi connectivity index (χ3n) is 2.25. The van der Waals surface area contributed by atoms with Gasteiger partial charge in [-0.1, -0.05) is 0 Å². The van der Waals surface area contributed by atoms with Gasteiger partial charge in [0.1, 0.15) is 0 Å². The Hall–Kier alpha value is -3.10. The SMILES string of the molecule is Nc1c(C(=O)O)c(C(=O)O)cc(C(=O)O)c1C(=O)O. The fourth-order valence-electron chi connectivity index (χ4n) is 1.50. The third kappa shape index (κ3) is 2.29. The largest absolute Gasteiger partial charge is 0.478 e. The van der Waals surface area contributed by atoms with Crippen LogP contribution in [0.3, 0.4) is 0 Å². The molecule has 9 nitrogen and oxygen atoms in total. The number of aromatic carboxylic acids is 4. The van der Waals surface area contributed by atoms with E-state index in [-0.39, 0.29) is 0 Å². The molecule has 0 saturated carbocycles. The van der Waals surface area contributed by atoms with E-state index in [4.69, 9.17) is 26.2 Å². The number of hydrogen-bond acceptors (Lipinski definition) is 5. The number of anilines is 1. The Balaban J connectivity index is 3.91. The summed E-state index contributed by atoms with van der Waals surface area (Å²) in [6, 6.07) is 0.452. The van der Waals surface area contributed by atoms with Crippen LogP contribution in [0, 0.1) is 0 Å². The monoisotopic (exact) mass is 269 g/mol. The average molecular weight is 269 g/mol. The maximum absolute atomic E-state index is 10.9. The number of nitrogen functional groups attached to an aromatic ring is 1. The quantitative estimate of drug-likeness (QED) is 0.473. The van der Waals surface area contributed by atoms with Gasteiger partial charge in [0.2, 0.25) is 0 Å². The summed E-state index contributed by atoms with van der Waals surface area (Å²) < 4.78 is 0. The maximum atomic E-state index is 10.9. The third-order valence-corrected chi connectivity index (χ3v) is 2.25. The van der Waals surface area contributed by atoms with Crippen LogP contribution in [0.15, 0.2) is 6.07 Å². The fraction of sp³-hybridized carbons (Fsp3) is 0. The van der Waals surface area contributed by atoms with Gasteiger partial charge in [0.25, 0.3) is 0 Å². The van der Waals surface area contributed by atoms with Crippen molar-refractivity contribution < 1.29 is 39.6 Å². The highest BCUT2D eigenvalue weighted by atomic mass is 16.4. The van der Waals surface area contributed by atoms with Crippen LogP contribution in [0.5, 0.6) is 0 Å². The van der Waals surface area contributed by atoms with Gasteiger partial charge in [-0.15, -0.1) is 0 Å². The molecule has 1 aromatic rings. The van der Waals surface area contributed by atoms with Crippen LogP contribution in [0.4, 0.5) is 5.69 Å². The highest BCUT2D eigenvalue weighted by Crippen LogP contribution is 2.26. The molecule has 0 heterocycles. The Bertz CT molecular complexity index is 568. The summed E-state index contributed by atoms with van der Waals surface area (Å²) in [5.41, 5.74) is 0.637. The number of rotatable bonds is 4. The molecule has 0 aliphatic rings. The van der Waals surface area contributed by atoms with Gasteiger partial charge >= 0.3 is 23.9 Å². The molecule has 6 N–H and O–H groups in total. The normalized spacial score (nSPS) is 9.89. The van der Waals surface area contributed by atoms with Crippen LogP contribution in [0.1, 0.15) is 41.4 Å². The average Bonchev–Trinajstić information content (AvgIpc) is 2.25. The summed E-state index contributed by atoms with van der Waals surface area (Å²) >= 11 is 0. The smallest absolute Gasteiger partial charge is 0.338 e. The molecule has 0 radical (unpaired) electrons. The minimum Gasteiger partial charge on any atom is -0.478 e. The van der Waals surface area contributed by atoms with E-state index in [0.29, 0.717) is 6.07 Å². The van der Waals surface area contributed by atoms with Gasteiger partial charge in [-0.3, -0.25) is 0 Å². The molecule has 19 heavy (non-hydrogen) atoms. The van der Waals surface area contributed by atoms with Crippen LogP contribution < -0.4 is 5.73 Å². The van der Waals surface area contributed by atoms with Crippen LogP contribution in [-0.4, -0.2) is 44.3 Å². The van der Waals surface area contributed by atoms with Gasteiger partial charge in [-0.2, -0.15) is 0 Å². The number of benzene rings is 1. The highest BCUT2D eigenvalue weighted by Gasteiger charge is 2.29. The lowest BCUT2D eigenvalue weighted by molar-refractivity contribution is 0.0638. The Kier molecular flexibility index (Phi) is 3.41. The summed E-state index contributed by atoms with van der Waals surface area (Å²) in [4.78, 5) is 43.6. The van der Waals surface area contributed by atoms with E-state index in [1.54, 1.807) is 0 Å². The molecule has 0 unspecified atom stereocenters. The molecule has 1 aromatic carbocycles. The van der Waals surface area contributed by atoms with Crippen molar-refractivity contribution >= 4 is 29.6 Å². The minimum atomic E-state index is -1.77. The molecular formula is C10H7NO8. The van der Waals surface area contributed by atoms with E-state index in [2.05, 4.69) is 0 Å². The first-order valence-corrected chi connectivity index (χ1v) is 4.58. The highest BCUT2D eigenvalue weighted by molar-refractivity contribution is 6.14. The standard InChI is InChI=1S/C10H7NO8/c11-6-4(9(16)17)2(7(12)13)1-3(8(14)15)5(6)10(18)19/h1H,11H2,(H,12,13)(H,14,15)(H,16,17)(H,18,19). The van der Waals surface area contributed by atoms with Crippen molar-refractivity contribution in [3.05, 3.63) is 28.3 Å². The number of carboxylic acids is 4. The molecule has 0 aromatic heterocycles. The second kappa shape index (κ2) is 4.64. The Morgan fingerprint density at radius 1 is 0.737 bits per heavy atom. The first-order valence-electron chi connectivity index (χ1n) is 4.58. The molecule has 9 heteroatoms. The summed E-state index contributed by atoms with van der Waals surface area (Å²) in [5.74, 6) is -7.00. The van der Waals surface area contributed by atoms with Gasteiger partial charge in [0.05, 0.1) is 27.9 Å². The van der Waals surface area contributed by atoms with Gasteiger partial charge in [-0.05, 0) is 6.07 Å². The molecule has 0 aliphatic heterocycles. The van der Waals surface area contributed by atoms with Crippen LogP contribution in [0.2, 0.25) is 0 Å². The summed E-state index contributed by atoms with van der Waals surface area (Å²) in [6.45, 7) is 0. The van der Waals surface area contributed by atoms with Gasteiger partial charge in [0, 0.05) is 0 Å². The van der Waals surface area contributed by atoms with E-state index in [1.165, 1.54) is 0 Å². The van der Waals surface area contributed by atoms with Crippen LogP contribution in [-0.2, 0) is 0 Å². The molecule has 1 rings (SSSR count). The van der Waals surface area contributed by atoms with Crippen molar-refractivity contribution in [2.75, 3.05) is 5.73 Å². The molecule has 0 saturated heterocycles. The van der Waals surface area contributed by atoms with E-state index in [9.17, 15) is 19.2 Å². The van der Waals surface area contributed by atoms with Crippen LogP contribution >= 0.6 is 0 Å². The lowest BCUT2D eigenvalue weighted by Gasteiger charge is -2.11. The van der Waals surface area contributed by atoms with E-state index >= 15 is 0 Å². The first-order chi connectivity index (χ1) is 8.68. The van der Waals surface area contributed by atoms with Crippen molar-refractivity contribution in [2.45, 2.75) is 0 Å². The lowest BCUT2D eigenvalue weighted by atomic mass is 9.95. The first kappa shape index (κ1) is 14.0. The molecule has 0 bridgehead atoms. The van der Waals surface area contributed by atoms with E-state index in [1.807, 2.05) is 0 Å². The summed E-state index contributed by atoms with van der Waals surface area (Å²) in [5, 5.41) is 35.3. The zero-order valence-corrected chi connectivity index (χ0v) is 9.08. The predicted octanol–water partition coefficient (Wildman–Crippen LogP) is 0.0616. The lowest BCUT2D eigenvalue weighted by Crippen LogP contribution is -2.19. The van der Waals surface area contributed by atoms with E-state index < -0.39 is 51.8 Å². The molecule has 0 amide bonds. The summed E-state index contributed by atoms with van der Waals surface area (Å²) in [7, 11) is 0. The van der Waals surface area contributed by atoms with Crippen molar-refractivity contribution in [1.82, 2.24) is 0 Å². The van der Waals surface area contributed by atoms with Crippen LogP contribution in [0.25, 0.3) is 0 Å². The van der Waals surface area contributed by atoms with Crippen molar-refractivity contribution in [3.8, 4) is 0 Å². The zero-order valence-electron chi connectivity index (χ0n) is 9.08. The molecule has 0 aliphatic carbocycles. The van der Waals surface area contributed by atoms with Gasteiger partial charge in [-0.25, -0.2) is 19.2 Å². The molecule has 0 atom stereocenters. The molecule has 100 valence electrons. The molecular weight excluding hydrogens is 262 g/mol. The Morgan fingerprint density at radius 2 is 1.05 bits per heavy atom. The van der Waals surface area contributed by atoms with Crippen molar-refractivity contribution in [2.24, 2.45) is 0 Å². The second-order valence-electron chi connectivity index (χ2n) is 3.36. The van der Waals surface area contributed by atoms with E-state index in [0.717, 1.165) is 0 Å². The minimum absolute atomic E-state index is 0.452. The number of carboxylic acid groups (broad SMARTS) is 4. The Morgan fingerprint density at radius 3 is 1.26 bits per heavy atom. The predicted molar refractivity (Wildman–Crippen MR) is 58.7 cm³/mol. The molecule has 0 spiro atoms. The van der Waals surface area contributed by atoms with Gasteiger partial charge < -0.3 is 26.2 Å². The maximum Gasteiger partial charge on any atom is 0.338 e.